The van der Waals surface area contributed by atoms with E-state index in [4.69, 9.17) is 5.11 Å². The number of aliphatic hydroxyl groups is 2. The van der Waals surface area contributed by atoms with E-state index < -0.39 is 6.10 Å². The quantitative estimate of drug-likeness (QED) is 0.656. The lowest BCUT2D eigenvalue weighted by Gasteiger charge is -2.29. The molecule has 3 heteroatoms. The molecular weight excluding hydrogens is 262 g/mol. The molecule has 0 aliphatic heterocycles. The molecular formula is C18H31NO2. The molecule has 120 valence electrons. The van der Waals surface area contributed by atoms with Gasteiger partial charge in [-0.25, -0.2) is 0 Å². The number of nitrogens with one attached hydrogen (secondary N) is 1. The third-order valence-electron chi connectivity index (χ3n) is 4.52. The predicted octanol–water partition coefficient (Wildman–Crippen LogP) is 2.60. The highest BCUT2D eigenvalue weighted by molar-refractivity contribution is 5.32. The van der Waals surface area contributed by atoms with E-state index >= 15 is 0 Å². The molecule has 0 saturated carbocycles. The van der Waals surface area contributed by atoms with Gasteiger partial charge >= 0.3 is 0 Å². The van der Waals surface area contributed by atoms with E-state index in [0.29, 0.717) is 19.4 Å². The Kier molecular flexibility index (Phi) is 7.36. The fraction of sp³-hybridized carbons (Fsp3) is 0.667. The Morgan fingerprint density at radius 3 is 2.43 bits per heavy atom. The van der Waals surface area contributed by atoms with E-state index in [9.17, 15) is 5.11 Å². The molecule has 0 radical (unpaired) electrons. The van der Waals surface area contributed by atoms with Crippen molar-refractivity contribution in [2.75, 3.05) is 13.2 Å². The zero-order chi connectivity index (χ0) is 15.9. The van der Waals surface area contributed by atoms with Crippen LogP contribution in [0.1, 0.15) is 50.3 Å². The zero-order valence-electron chi connectivity index (χ0n) is 13.9. The minimum Gasteiger partial charge on any atom is -0.396 e. The predicted molar refractivity (Wildman–Crippen MR) is 88.7 cm³/mol. The Morgan fingerprint density at radius 1 is 1.19 bits per heavy atom. The average molecular weight is 293 g/mol. The Morgan fingerprint density at radius 2 is 1.86 bits per heavy atom. The molecule has 1 aromatic rings. The maximum atomic E-state index is 10.3. The monoisotopic (exact) mass is 293 g/mol. The summed E-state index contributed by atoms with van der Waals surface area (Å²) in [4.78, 5) is 0. The summed E-state index contributed by atoms with van der Waals surface area (Å²) >= 11 is 0. The van der Waals surface area contributed by atoms with Gasteiger partial charge in [0.2, 0.25) is 0 Å². The highest BCUT2D eigenvalue weighted by Crippen LogP contribution is 2.16. The third-order valence-corrected chi connectivity index (χ3v) is 4.52. The van der Waals surface area contributed by atoms with Crippen LogP contribution in [0.5, 0.6) is 0 Å². The molecule has 0 aliphatic carbocycles. The molecule has 0 fully saturated rings. The first-order chi connectivity index (χ1) is 9.94. The third kappa shape index (κ3) is 5.77. The van der Waals surface area contributed by atoms with Crippen LogP contribution in [0.2, 0.25) is 0 Å². The molecule has 0 aromatic heterocycles. The maximum Gasteiger partial charge on any atom is 0.0705 e. The average Bonchev–Trinajstić information content (AvgIpc) is 2.48. The van der Waals surface area contributed by atoms with Gasteiger partial charge in [-0.2, -0.15) is 0 Å². The zero-order valence-corrected chi connectivity index (χ0v) is 13.9. The number of aryl methyl sites for hydroxylation is 1. The van der Waals surface area contributed by atoms with E-state index in [0.717, 1.165) is 24.0 Å². The van der Waals surface area contributed by atoms with Crippen molar-refractivity contribution in [3.63, 3.8) is 0 Å². The van der Waals surface area contributed by atoms with Gasteiger partial charge in [-0.15, -0.1) is 0 Å². The van der Waals surface area contributed by atoms with Crippen molar-refractivity contribution >= 4 is 0 Å². The molecule has 21 heavy (non-hydrogen) atoms. The summed E-state index contributed by atoms with van der Waals surface area (Å²) in [6, 6.07) is 6.24. The lowest BCUT2D eigenvalue weighted by Crippen LogP contribution is -2.45. The van der Waals surface area contributed by atoms with Crippen LogP contribution >= 0.6 is 0 Å². The Balaban J connectivity index is 2.64. The van der Waals surface area contributed by atoms with Crippen molar-refractivity contribution in [1.82, 2.24) is 5.32 Å². The Hall–Kier alpha value is -0.900. The largest absolute Gasteiger partial charge is 0.396 e. The van der Waals surface area contributed by atoms with Crippen molar-refractivity contribution in [2.45, 2.75) is 65.0 Å². The summed E-state index contributed by atoms with van der Waals surface area (Å²) < 4.78 is 0. The highest BCUT2D eigenvalue weighted by Gasteiger charge is 2.20. The van der Waals surface area contributed by atoms with Crippen molar-refractivity contribution < 1.29 is 10.2 Å². The van der Waals surface area contributed by atoms with E-state index in [-0.39, 0.29) is 12.1 Å². The normalized spacial score (nSPS) is 13.4. The minimum absolute atomic E-state index is 0.0994. The Bertz CT molecular complexity index is 427. The number of rotatable bonds is 9. The molecule has 0 spiro atoms. The summed E-state index contributed by atoms with van der Waals surface area (Å²) in [7, 11) is 0. The second-order valence-electron chi connectivity index (χ2n) is 6.25. The Labute approximate surface area is 129 Å². The maximum absolute atomic E-state index is 10.3. The smallest absolute Gasteiger partial charge is 0.0705 e. The van der Waals surface area contributed by atoms with Crippen molar-refractivity contribution in [3.8, 4) is 0 Å². The number of benzene rings is 1. The minimum atomic E-state index is -0.400. The summed E-state index contributed by atoms with van der Waals surface area (Å²) in [5.41, 5.74) is 3.57. The van der Waals surface area contributed by atoms with E-state index in [1.54, 1.807) is 0 Å². The topological polar surface area (TPSA) is 52.5 Å². The van der Waals surface area contributed by atoms with Crippen LogP contribution in [0.15, 0.2) is 18.2 Å². The molecule has 1 atom stereocenters. The summed E-state index contributed by atoms with van der Waals surface area (Å²) in [5, 5.41) is 22.9. The van der Waals surface area contributed by atoms with Gasteiger partial charge in [0.25, 0.3) is 0 Å². The van der Waals surface area contributed by atoms with Gasteiger partial charge in [0, 0.05) is 18.7 Å². The van der Waals surface area contributed by atoms with Crippen LogP contribution < -0.4 is 5.32 Å². The van der Waals surface area contributed by atoms with Gasteiger partial charge in [0.05, 0.1) is 6.10 Å². The molecule has 0 saturated heterocycles. The standard InChI is InChI=1S/C18H31NO2/c1-5-18(4,6-2)19-13-17(21)12-15-8-7-14(3)11-16(15)9-10-20/h7-8,11,17,19-21H,5-6,9-10,12-13H2,1-4H3/t17-/m0/s1. The summed E-state index contributed by atoms with van der Waals surface area (Å²) in [5.74, 6) is 0. The molecule has 0 amide bonds. The van der Waals surface area contributed by atoms with Gasteiger partial charge in [0.1, 0.15) is 0 Å². The fourth-order valence-corrected chi connectivity index (χ4v) is 2.50. The number of β-amino-alcohol motifs (C(OH)–C–C–N with tert-alkyl or cyclic N) is 1. The van der Waals surface area contributed by atoms with Gasteiger partial charge in [-0.1, -0.05) is 37.6 Å². The second kappa shape index (κ2) is 8.52. The first-order valence-electron chi connectivity index (χ1n) is 8.06. The van der Waals surface area contributed by atoms with Crippen molar-refractivity contribution in [1.29, 1.82) is 0 Å². The van der Waals surface area contributed by atoms with E-state index in [2.05, 4.69) is 51.2 Å². The number of hydrogen-bond donors (Lipinski definition) is 3. The van der Waals surface area contributed by atoms with Crippen LogP contribution in [0.3, 0.4) is 0 Å². The second-order valence-corrected chi connectivity index (χ2v) is 6.25. The van der Waals surface area contributed by atoms with Crippen molar-refractivity contribution in [2.24, 2.45) is 0 Å². The number of hydrogen-bond acceptors (Lipinski definition) is 3. The fourth-order valence-electron chi connectivity index (χ4n) is 2.50. The van der Waals surface area contributed by atoms with Gasteiger partial charge in [0.15, 0.2) is 0 Å². The number of aliphatic hydroxyl groups excluding tert-OH is 2. The van der Waals surface area contributed by atoms with Gasteiger partial charge < -0.3 is 15.5 Å². The SMILES string of the molecule is CCC(C)(CC)NC[C@@H](O)Cc1ccc(C)cc1CCO. The molecule has 1 rings (SSSR count). The van der Waals surface area contributed by atoms with Crippen LogP contribution in [0.4, 0.5) is 0 Å². The van der Waals surface area contributed by atoms with Gasteiger partial charge in [-0.05, 0) is 50.7 Å². The summed E-state index contributed by atoms with van der Waals surface area (Å²) in [6.07, 6.45) is 2.99. The van der Waals surface area contributed by atoms with Crippen LogP contribution in [-0.4, -0.2) is 35.0 Å². The summed E-state index contributed by atoms with van der Waals surface area (Å²) in [6.45, 7) is 9.34. The molecule has 3 N–H and O–H groups in total. The first-order valence-corrected chi connectivity index (χ1v) is 8.06. The lowest BCUT2D eigenvalue weighted by molar-refractivity contribution is 0.153. The molecule has 1 aromatic carbocycles. The van der Waals surface area contributed by atoms with Crippen molar-refractivity contribution in [3.05, 3.63) is 34.9 Å². The molecule has 3 nitrogen and oxygen atoms in total. The highest BCUT2D eigenvalue weighted by atomic mass is 16.3. The molecule has 0 heterocycles. The molecule has 0 aliphatic rings. The lowest BCUT2D eigenvalue weighted by atomic mass is 9.94. The molecule has 0 unspecified atom stereocenters. The van der Waals surface area contributed by atoms with Crippen LogP contribution in [-0.2, 0) is 12.8 Å². The van der Waals surface area contributed by atoms with Crippen LogP contribution in [0.25, 0.3) is 0 Å². The molecule has 0 bridgehead atoms. The first kappa shape index (κ1) is 18.1. The van der Waals surface area contributed by atoms with Crippen LogP contribution in [0, 0.1) is 6.92 Å². The van der Waals surface area contributed by atoms with Gasteiger partial charge in [-0.3, -0.25) is 0 Å². The van der Waals surface area contributed by atoms with E-state index in [1.165, 1.54) is 5.56 Å². The van der Waals surface area contributed by atoms with E-state index in [1.807, 2.05) is 0 Å².